The van der Waals surface area contributed by atoms with Crippen LogP contribution in [0.15, 0.2) is 14.7 Å². The van der Waals surface area contributed by atoms with Crippen molar-refractivity contribution in [3.8, 4) is 0 Å². The molecule has 1 atom stereocenters. The third-order valence-corrected chi connectivity index (χ3v) is 6.74. The van der Waals surface area contributed by atoms with Crippen LogP contribution in [0.1, 0.15) is 12.8 Å². The van der Waals surface area contributed by atoms with Crippen molar-refractivity contribution in [2.45, 2.75) is 23.8 Å². The number of sulfonamides is 1. The summed E-state index contributed by atoms with van der Waals surface area (Å²) < 4.78 is 26.4. The zero-order valence-electron chi connectivity index (χ0n) is 8.97. The number of thiophene rings is 1. The summed E-state index contributed by atoms with van der Waals surface area (Å²) in [4.78, 5) is 11.0. The summed E-state index contributed by atoms with van der Waals surface area (Å²) in [6.45, 7) is 0.211. The Hall–Kier alpha value is -0.150. The highest BCUT2D eigenvalue weighted by molar-refractivity contribution is 9.11. The first-order valence-electron chi connectivity index (χ1n) is 5.03. The van der Waals surface area contributed by atoms with Crippen LogP contribution >= 0.6 is 38.9 Å². The largest absolute Gasteiger partial charge is 0.480 e. The molecule has 1 aromatic rings. The Kier molecular flexibility index (Phi) is 4.03. The van der Waals surface area contributed by atoms with Crippen LogP contribution in [0.2, 0.25) is 4.34 Å². The summed E-state index contributed by atoms with van der Waals surface area (Å²) in [5.74, 6) is -1.12. The molecule has 0 spiro atoms. The third kappa shape index (κ3) is 2.44. The van der Waals surface area contributed by atoms with Gasteiger partial charge in [-0.15, -0.1) is 11.3 Å². The Morgan fingerprint density at radius 2 is 2.28 bits per heavy atom. The van der Waals surface area contributed by atoms with E-state index in [0.29, 0.717) is 16.6 Å². The van der Waals surface area contributed by atoms with Gasteiger partial charge in [-0.25, -0.2) is 8.42 Å². The summed E-state index contributed by atoms with van der Waals surface area (Å²) in [6, 6.07) is 0.407. The van der Waals surface area contributed by atoms with Crippen molar-refractivity contribution >= 4 is 54.9 Å². The van der Waals surface area contributed by atoms with E-state index in [0.717, 1.165) is 15.6 Å². The van der Waals surface area contributed by atoms with Crippen molar-refractivity contribution in [2.75, 3.05) is 6.54 Å². The molecule has 2 heterocycles. The average Bonchev–Trinajstić information content (AvgIpc) is 2.84. The smallest absolute Gasteiger partial charge is 0.322 e. The van der Waals surface area contributed by atoms with Crippen molar-refractivity contribution in [3.05, 3.63) is 14.2 Å². The Bertz CT molecular complexity index is 585. The Balaban J connectivity index is 2.43. The lowest BCUT2D eigenvalue weighted by atomic mass is 10.2. The van der Waals surface area contributed by atoms with Crippen LogP contribution in [-0.4, -0.2) is 36.4 Å². The molecule has 100 valence electrons. The van der Waals surface area contributed by atoms with Gasteiger partial charge in [0.05, 0.1) is 3.79 Å². The molecule has 0 saturated carbocycles. The van der Waals surface area contributed by atoms with Gasteiger partial charge in [-0.2, -0.15) is 4.31 Å². The first-order valence-corrected chi connectivity index (χ1v) is 8.46. The molecule has 5 nitrogen and oxygen atoms in total. The summed E-state index contributed by atoms with van der Waals surface area (Å²) >= 11 is 10.1. The van der Waals surface area contributed by atoms with Crippen LogP contribution < -0.4 is 0 Å². The van der Waals surface area contributed by atoms with E-state index >= 15 is 0 Å². The lowest BCUT2D eigenvalue weighted by Crippen LogP contribution is -2.40. The number of halogens is 2. The lowest BCUT2D eigenvalue weighted by Gasteiger charge is -2.20. The van der Waals surface area contributed by atoms with Crippen molar-refractivity contribution in [1.82, 2.24) is 4.31 Å². The van der Waals surface area contributed by atoms with Gasteiger partial charge < -0.3 is 5.11 Å². The van der Waals surface area contributed by atoms with E-state index in [1.807, 2.05) is 0 Å². The number of hydrogen-bond donors (Lipinski definition) is 1. The fourth-order valence-electron chi connectivity index (χ4n) is 1.90. The lowest BCUT2D eigenvalue weighted by molar-refractivity contribution is -0.140. The van der Waals surface area contributed by atoms with E-state index in [9.17, 15) is 13.2 Å². The van der Waals surface area contributed by atoms with Gasteiger partial charge in [0.1, 0.15) is 15.3 Å². The minimum atomic E-state index is -3.84. The highest BCUT2D eigenvalue weighted by Gasteiger charge is 2.40. The molecule has 1 saturated heterocycles. The number of nitrogens with zero attached hydrogens (tertiary/aromatic N) is 1. The first kappa shape index (κ1) is 14.3. The minimum Gasteiger partial charge on any atom is -0.480 e. The summed E-state index contributed by atoms with van der Waals surface area (Å²) in [5, 5.41) is 9.02. The van der Waals surface area contributed by atoms with E-state index in [4.69, 9.17) is 16.7 Å². The Morgan fingerprint density at radius 1 is 1.61 bits per heavy atom. The van der Waals surface area contributed by atoms with Crippen LogP contribution in [0.5, 0.6) is 0 Å². The van der Waals surface area contributed by atoms with Crippen LogP contribution in [0.3, 0.4) is 0 Å². The second-order valence-electron chi connectivity index (χ2n) is 3.80. The fraction of sp³-hybridized carbons (Fsp3) is 0.444. The van der Waals surface area contributed by atoms with Gasteiger partial charge in [-0.05, 0) is 34.8 Å². The molecule has 1 aliphatic heterocycles. The van der Waals surface area contributed by atoms with E-state index in [1.54, 1.807) is 0 Å². The molecule has 0 radical (unpaired) electrons. The first-order chi connectivity index (χ1) is 8.34. The van der Waals surface area contributed by atoms with E-state index in [2.05, 4.69) is 15.9 Å². The zero-order chi connectivity index (χ0) is 13.5. The number of carboxylic acid groups (broad SMARTS) is 1. The van der Waals surface area contributed by atoms with Gasteiger partial charge in [-0.3, -0.25) is 4.79 Å². The highest BCUT2D eigenvalue weighted by Crippen LogP contribution is 2.37. The maximum Gasteiger partial charge on any atom is 0.322 e. The SMILES string of the molecule is O=C(O)[C@@H]1CCCN1S(=O)(=O)c1cc(Br)sc1Cl. The maximum absolute atomic E-state index is 12.3. The van der Waals surface area contributed by atoms with Gasteiger partial charge in [0, 0.05) is 6.54 Å². The van der Waals surface area contributed by atoms with Crippen molar-refractivity contribution in [3.63, 3.8) is 0 Å². The van der Waals surface area contributed by atoms with Crippen molar-refractivity contribution in [2.24, 2.45) is 0 Å². The molecule has 1 aliphatic rings. The predicted octanol–water partition coefficient (Wildman–Crippen LogP) is 2.40. The normalized spacial score (nSPS) is 21.3. The third-order valence-electron chi connectivity index (χ3n) is 2.70. The second-order valence-corrected chi connectivity index (χ2v) is 8.69. The van der Waals surface area contributed by atoms with Crippen LogP contribution in [0, 0.1) is 0 Å². The molecule has 0 aromatic carbocycles. The van der Waals surface area contributed by atoms with Gasteiger partial charge in [0.2, 0.25) is 10.0 Å². The topological polar surface area (TPSA) is 74.7 Å². The number of carboxylic acids is 1. The molecule has 2 rings (SSSR count). The average molecular weight is 375 g/mol. The fourth-order valence-corrected chi connectivity index (χ4v) is 6.29. The van der Waals surface area contributed by atoms with Gasteiger partial charge in [-0.1, -0.05) is 11.6 Å². The zero-order valence-corrected chi connectivity index (χ0v) is 12.9. The number of carbonyl (C=O) groups is 1. The van der Waals surface area contributed by atoms with Crippen LogP contribution in [-0.2, 0) is 14.8 Å². The highest BCUT2D eigenvalue weighted by atomic mass is 79.9. The Morgan fingerprint density at radius 3 is 2.78 bits per heavy atom. The van der Waals surface area contributed by atoms with Gasteiger partial charge in [0.25, 0.3) is 0 Å². The molecule has 1 N–H and O–H groups in total. The van der Waals surface area contributed by atoms with Crippen LogP contribution in [0.25, 0.3) is 0 Å². The predicted molar refractivity (Wildman–Crippen MR) is 71.6 cm³/mol. The van der Waals surface area contributed by atoms with E-state index in [1.165, 1.54) is 6.07 Å². The molecule has 9 heteroatoms. The molecule has 18 heavy (non-hydrogen) atoms. The molecule has 0 unspecified atom stereocenters. The van der Waals surface area contributed by atoms with Gasteiger partial charge >= 0.3 is 5.97 Å². The molecule has 0 aliphatic carbocycles. The van der Waals surface area contributed by atoms with Gasteiger partial charge in [0.15, 0.2) is 0 Å². The maximum atomic E-state index is 12.3. The number of aliphatic carboxylic acids is 1. The summed E-state index contributed by atoms with van der Waals surface area (Å²) in [5.41, 5.74) is 0. The number of rotatable bonds is 3. The molecule has 1 aromatic heterocycles. The second kappa shape index (κ2) is 5.09. The summed E-state index contributed by atoms with van der Waals surface area (Å²) in [6.07, 6.45) is 0.872. The minimum absolute atomic E-state index is 0.0332. The molecular weight excluding hydrogens is 366 g/mol. The van der Waals surface area contributed by atoms with E-state index < -0.39 is 22.0 Å². The molecular formula is C9H9BrClNO4S2. The van der Waals surface area contributed by atoms with Crippen molar-refractivity contribution in [1.29, 1.82) is 0 Å². The Labute approximate surface area is 122 Å². The monoisotopic (exact) mass is 373 g/mol. The quantitative estimate of drug-likeness (QED) is 0.881. The van der Waals surface area contributed by atoms with E-state index in [-0.39, 0.29) is 15.8 Å². The van der Waals surface area contributed by atoms with Crippen molar-refractivity contribution < 1.29 is 18.3 Å². The number of hydrogen-bond acceptors (Lipinski definition) is 4. The molecule has 0 bridgehead atoms. The molecule has 1 fully saturated rings. The standard InChI is InChI=1S/C9H9BrClNO4S2/c10-7-4-6(8(11)17-7)18(15,16)12-3-1-2-5(12)9(13)14/h4-5H,1-3H2,(H,13,14)/t5-/m0/s1. The molecule has 0 amide bonds. The van der Waals surface area contributed by atoms with Crippen LogP contribution in [0.4, 0.5) is 0 Å². The summed E-state index contributed by atoms with van der Waals surface area (Å²) in [7, 11) is -3.84.